The second kappa shape index (κ2) is 16.6. The van der Waals surface area contributed by atoms with Crippen LogP contribution in [0, 0.1) is 0 Å². The van der Waals surface area contributed by atoms with Crippen molar-refractivity contribution in [2.24, 2.45) is 11.6 Å². The van der Waals surface area contributed by atoms with Gasteiger partial charge in [0.2, 0.25) is 5.91 Å². The molecule has 2 heterocycles. The SMILES string of the molecule is CN(CC(O)C(O)C(O)C(O)CO)C(=O)Cc1ccc(N(N)/C=C(\N)CN(Cc2ccccn2)Cc2ccccn2)cc1. The summed E-state index contributed by atoms with van der Waals surface area (Å²) in [5, 5.41) is 49.7. The Hall–Kier alpha value is -3.95. The molecule has 13 heteroatoms. The summed E-state index contributed by atoms with van der Waals surface area (Å²) in [7, 11) is 1.45. The Morgan fingerprint density at radius 3 is 1.95 bits per heavy atom. The van der Waals surface area contributed by atoms with E-state index in [0.717, 1.165) is 11.4 Å². The highest BCUT2D eigenvalue weighted by molar-refractivity contribution is 5.78. The van der Waals surface area contributed by atoms with E-state index in [0.29, 0.717) is 36.6 Å². The molecule has 4 unspecified atom stereocenters. The molecule has 1 aromatic carbocycles. The van der Waals surface area contributed by atoms with E-state index in [1.54, 1.807) is 42.9 Å². The molecule has 1 amide bonds. The third-order valence-corrected chi connectivity index (χ3v) is 6.74. The number of anilines is 1. The average Bonchev–Trinajstić information content (AvgIpc) is 3.01. The summed E-state index contributed by atoms with van der Waals surface area (Å²) in [6.07, 6.45) is -1.51. The minimum Gasteiger partial charge on any atom is -0.400 e. The van der Waals surface area contributed by atoms with Crippen molar-refractivity contribution in [2.45, 2.75) is 43.9 Å². The van der Waals surface area contributed by atoms with Crippen LogP contribution in [-0.4, -0.2) is 102 Å². The molecule has 0 aliphatic heterocycles. The van der Waals surface area contributed by atoms with Crippen molar-refractivity contribution in [3.63, 3.8) is 0 Å². The third-order valence-electron chi connectivity index (χ3n) is 6.74. The lowest BCUT2D eigenvalue weighted by Crippen LogP contribution is -2.50. The van der Waals surface area contributed by atoms with E-state index in [9.17, 15) is 25.2 Å². The fraction of sp³-hybridized carbons (Fsp3) is 0.367. The fourth-order valence-corrected chi connectivity index (χ4v) is 4.31. The minimum absolute atomic E-state index is 0.0139. The number of aromatic nitrogens is 2. The van der Waals surface area contributed by atoms with Gasteiger partial charge in [0.15, 0.2) is 0 Å². The number of amides is 1. The number of likely N-dealkylation sites (N-methyl/N-ethyl adjacent to an activating group) is 1. The summed E-state index contributed by atoms with van der Waals surface area (Å²) in [4.78, 5) is 24.8. The van der Waals surface area contributed by atoms with Crippen LogP contribution < -0.4 is 16.6 Å². The molecule has 0 fully saturated rings. The summed E-state index contributed by atoms with van der Waals surface area (Å²) in [5.41, 5.74) is 10.0. The van der Waals surface area contributed by atoms with Gasteiger partial charge in [0.1, 0.15) is 24.4 Å². The van der Waals surface area contributed by atoms with E-state index in [1.165, 1.54) is 17.0 Å². The van der Waals surface area contributed by atoms with Crippen molar-refractivity contribution in [3.8, 4) is 0 Å². The maximum atomic E-state index is 12.7. The summed E-state index contributed by atoms with van der Waals surface area (Å²) in [6, 6.07) is 18.5. The van der Waals surface area contributed by atoms with Crippen LogP contribution >= 0.6 is 0 Å². The van der Waals surface area contributed by atoms with E-state index in [2.05, 4.69) is 14.9 Å². The second-order valence-corrected chi connectivity index (χ2v) is 10.3. The number of nitrogens with two attached hydrogens (primary N) is 2. The van der Waals surface area contributed by atoms with Gasteiger partial charge < -0.3 is 36.2 Å². The summed E-state index contributed by atoms with van der Waals surface area (Å²) in [6.45, 7) is 0.473. The zero-order chi connectivity index (χ0) is 31.4. The van der Waals surface area contributed by atoms with Gasteiger partial charge in [-0.25, -0.2) is 5.84 Å². The second-order valence-electron chi connectivity index (χ2n) is 10.3. The highest BCUT2D eigenvalue weighted by atomic mass is 16.4. The first-order valence-electron chi connectivity index (χ1n) is 13.8. The maximum Gasteiger partial charge on any atom is 0.226 e. The molecule has 0 bridgehead atoms. The van der Waals surface area contributed by atoms with Crippen LogP contribution in [0.25, 0.3) is 0 Å². The highest BCUT2D eigenvalue weighted by Crippen LogP contribution is 2.16. The largest absolute Gasteiger partial charge is 0.400 e. The molecule has 2 aromatic heterocycles. The topological polar surface area (TPSA) is 206 Å². The standard InChI is InChI=1S/C30H41N7O6/c1-35(19-26(39)29(42)30(43)27(40)20-38)28(41)14-21-8-10-25(11-9-21)37(32)16-22(31)15-36(17-23-6-2-4-12-33-23)18-24-7-3-5-13-34-24/h2-13,16,26-27,29-30,38-40,42-43H,14-15,17-20,31-32H2,1H3/b22-16-. The number of carbonyl (C=O) groups excluding carboxylic acids is 1. The summed E-state index contributed by atoms with van der Waals surface area (Å²) < 4.78 is 0. The molecular formula is C30H41N7O6. The first-order chi connectivity index (χ1) is 20.6. The predicted octanol–water partition coefficient (Wildman–Crippen LogP) is -0.904. The monoisotopic (exact) mass is 595 g/mol. The van der Waals surface area contributed by atoms with Crippen molar-refractivity contribution in [1.82, 2.24) is 19.8 Å². The van der Waals surface area contributed by atoms with Gasteiger partial charge in [0, 0.05) is 57.5 Å². The van der Waals surface area contributed by atoms with Gasteiger partial charge in [-0.2, -0.15) is 0 Å². The molecule has 3 rings (SSSR count). The van der Waals surface area contributed by atoms with E-state index < -0.39 is 31.0 Å². The fourth-order valence-electron chi connectivity index (χ4n) is 4.31. The first kappa shape index (κ1) is 33.6. The van der Waals surface area contributed by atoms with Crippen LogP contribution in [0.1, 0.15) is 17.0 Å². The molecule has 13 nitrogen and oxygen atoms in total. The van der Waals surface area contributed by atoms with Gasteiger partial charge in [0.05, 0.1) is 30.1 Å². The van der Waals surface area contributed by atoms with E-state index >= 15 is 0 Å². The number of carbonyl (C=O) groups is 1. The van der Waals surface area contributed by atoms with Crippen LogP contribution in [0.4, 0.5) is 5.69 Å². The van der Waals surface area contributed by atoms with Gasteiger partial charge in [-0.05, 0) is 42.0 Å². The Bertz CT molecular complexity index is 1240. The average molecular weight is 596 g/mol. The van der Waals surface area contributed by atoms with E-state index in [1.807, 2.05) is 36.4 Å². The Morgan fingerprint density at radius 2 is 1.44 bits per heavy atom. The van der Waals surface area contributed by atoms with Crippen LogP contribution in [-0.2, 0) is 24.3 Å². The van der Waals surface area contributed by atoms with Crippen molar-refractivity contribution in [3.05, 3.63) is 102 Å². The van der Waals surface area contributed by atoms with Crippen molar-refractivity contribution in [2.75, 3.05) is 31.8 Å². The number of aliphatic hydroxyl groups excluding tert-OH is 5. The minimum atomic E-state index is -1.76. The Morgan fingerprint density at radius 1 is 0.884 bits per heavy atom. The number of rotatable bonds is 16. The lowest BCUT2D eigenvalue weighted by molar-refractivity contribution is -0.137. The maximum absolute atomic E-state index is 12.7. The zero-order valence-electron chi connectivity index (χ0n) is 24.1. The van der Waals surface area contributed by atoms with Gasteiger partial charge >= 0.3 is 0 Å². The van der Waals surface area contributed by atoms with Gasteiger partial charge in [-0.15, -0.1) is 0 Å². The van der Waals surface area contributed by atoms with Gasteiger partial charge in [-0.3, -0.25) is 24.7 Å². The molecule has 0 aliphatic rings. The normalized spacial score (nSPS) is 14.7. The molecule has 0 saturated heterocycles. The van der Waals surface area contributed by atoms with Crippen molar-refractivity contribution >= 4 is 11.6 Å². The molecule has 0 spiro atoms. The molecule has 3 aromatic rings. The molecule has 4 atom stereocenters. The lowest BCUT2D eigenvalue weighted by atomic mass is 10.0. The lowest BCUT2D eigenvalue weighted by Gasteiger charge is -2.28. The highest BCUT2D eigenvalue weighted by Gasteiger charge is 2.31. The number of benzene rings is 1. The van der Waals surface area contributed by atoms with Crippen LogP contribution in [0.2, 0.25) is 0 Å². The van der Waals surface area contributed by atoms with Crippen LogP contribution in [0.5, 0.6) is 0 Å². The Balaban J connectivity index is 1.58. The number of hydrazine groups is 1. The number of aliphatic hydroxyl groups is 5. The van der Waals surface area contributed by atoms with E-state index in [-0.39, 0.29) is 18.9 Å². The van der Waals surface area contributed by atoms with Crippen molar-refractivity contribution < 1.29 is 30.3 Å². The molecule has 0 aliphatic carbocycles. The number of nitrogens with zero attached hydrogens (tertiary/aromatic N) is 5. The number of pyridine rings is 2. The van der Waals surface area contributed by atoms with Crippen LogP contribution in [0.15, 0.2) is 85.0 Å². The Kier molecular flexibility index (Phi) is 13.0. The van der Waals surface area contributed by atoms with Crippen molar-refractivity contribution in [1.29, 1.82) is 0 Å². The molecule has 232 valence electrons. The predicted molar refractivity (Wildman–Crippen MR) is 160 cm³/mol. The van der Waals surface area contributed by atoms with Gasteiger partial charge in [0.25, 0.3) is 0 Å². The first-order valence-corrected chi connectivity index (χ1v) is 13.8. The number of hydrogen-bond donors (Lipinski definition) is 7. The molecule has 43 heavy (non-hydrogen) atoms. The molecular weight excluding hydrogens is 554 g/mol. The molecule has 0 radical (unpaired) electrons. The van der Waals surface area contributed by atoms with Gasteiger partial charge in [-0.1, -0.05) is 24.3 Å². The smallest absolute Gasteiger partial charge is 0.226 e. The van der Waals surface area contributed by atoms with Crippen LogP contribution in [0.3, 0.4) is 0 Å². The quantitative estimate of drug-likeness (QED) is 0.0794. The zero-order valence-corrected chi connectivity index (χ0v) is 24.1. The van der Waals surface area contributed by atoms with E-state index in [4.69, 9.17) is 16.7 Å². The third kappa shape index (κ3) is 10.7. The number of hydrogen-bond acceptors (Lipinski definition) is 12. The molecule has 0 saturated carbocycles. The summed E-state index contributed by atoms with van der Waals surface area (Å²) in [5.74, 6) is 5.93. The summed E-state index contributed by atoms with van der Waals surface area (Å²) >= 11 is 0. The Labute approximate surface area is 250 Å². The molecule has 9 N–H and O–H groups in total.